The first-order valence-electron chi connectivity index (χ1n) is 49.0. The quantitative estimate of drug-likeness (QED) is 0.161. The Morgan fingerprint density at radius 2 is 0.674 bits per heavy atom. The molecule has 0 atom stereocenters. The molecule has 7 nitrogen and oxygen atoms in total. The number of para-hydroxylation sites is 1. The van der Waals surface area contributed by atoms with Gasteiger partial charge in [0, 0.05) is 150 Å². The molecule has 0 radical (unpaired) electrons. The summed E-state index contributed by atoms with van der Waals surface area (Å²) < 4.78 is 116. The van der Waals surface area contributed by atoms with Crippen molar-refractivity contribution in [2.45, 2.75) is 62.0 Å². The summed E-state index contributed by atoms with van der Waals surface area (Å²) in [4.78, 5) is 10.5. The maximum atomic E-state index is 8.23. The van der Waals surface area contributed by atoms with Crippen LogP contribution in [0.5, 0.6) is 0 Å². The highest BCUT2D eigenvalue weighted by Crippen LogP contribution is 2.49. The van der Waals surface area contributed by atoms with Crippen molar-refractivity contribution in [2.75, 3.05) is 0 Å². The highest BCUT2D eigenvalue weighted by Gasteiger charge is 2.30. The van der Waals surface area contributed by atoms with Gasteiger partial charge in [-0.3, -0.25) is 4.98 Å². The molecule has 0 saturated carbocycles. The fraction of sp³-hybridized carbons (Fsp3) is 0.120. The summed E-state index contributed by atoms with van der Waals surface area (Å²) in [5.41, 5.74) is 19.9. The van der Waals surface area contributed by atoms with E-state index in [1.807, 2.05) is 114 Å². The number of hydrogen-bond donors (Lipinski definition) is 0. The van der Waals surface area contributed by atoms with Crippen LogP contribution in [0.3, 0.4) is 0 Å². The van der Waals surface area contributed by atoms with E-state index in [1.54, 1.807) is 65.5 Å². The second-order valence-electron chi connectivity index (χ2n) is 33.5. The van der Waals surface area contributed by atoms with Gasteiger partial charge < -0.3 is 0 Å². The number of thiophene rings is 5. The van der Waals surface area contributed by atoms with Crippen LogP contribution < -0.4 is 22.8 Å². The SMILES string of the molecule is Cc1ccccc1-c1c2c(cc[n+]1C)sc1cc3ccccc3cc12.Cc1ccccc1-c1c2c(cc[n+]1C)sc1ccc3ccccc3c12.Cc1ccccc1-c1c2c(cc[n+]1C)sc1nc3ccccc3cc12.[2H]C([2H])([2H])c1ccc(-c2c3c(sc4ccc5ccccc5c43)c(C([2H])([2H])[2H])c[n+]2C)c(C)c1.[2H]C([2H])([2H])c1ccc(-c2c3sc4ccc5ncccc5c4c3c(C([2H])([2H])[2H])c[n+]2C)c(C)c1. The standard InChI is InChI=1S/C25H22NS.C24H21N2S.2C23H18NS.C22H17N2S/c1-15-9-11-19(16(2)13-15)24-23-22-20-8-6-5-7-18(20)10-12-21(22)27-25(23)17(3)14-26(24)4;1-14-7-8-17(15(2)12-14)23-24-21(16(3)13-26(23)4)22-18-6-5-11-25-19(18)9-10-20(22)27-24;1-15-7-3-6-10-18(15)23-22-19-13-16-8-4-5-9-17(16)14-21(19)25-20(22)11-12-24(23)2;1-15-7-3-5-9-17(15)23-22-20(13-14-24(23)2)25-19-12-11-16-8-4-6-10-18(16)21(19)22;1-14-7-3-5-9-16(14)21-20-17-13-15-8-4-6-10-18(15)23-22(17)25-19(20)11-12-24(21)2/h5-14H,1-4H3;5-13H,1-4H3;2*3-14H,1-2H3;3-13H,1-2H3/q5*+1/i2*1D3,3D3;;;. The van der Waals surface area contributed by atoms with Gasteiger partial charge in [-0.1, -0.05) is 199 Å². The van der Waals surface area contributed by atoms with Crippen LogP contribution in [0.25, 0.3) is 211 Å². The van der Waals surface area contributed by atoms with Gasteiger partial charge in [0.2, 0.25) is 28.5 Å². The minimum Gasteiger partial charge on any atom is -0.256 e. The highest BCUT2D eigenvalue weighted by molar-refractivity contribution is 7.28. The molecule has 12 aromatic heterocycles. The molecule has 0 aliphatic heterocycles. The molecule has 129 heavy (non-hydrogen) atoms. The highest BCUT2D eigenvalue weighted by atomic mass is 32.1. The van der Waals surface area contributed by atoms with Crippen LogP contribution in [-0.2, 0) is 35.2 Å². The minimum absolute atomic E-state index is 0.287. The van der Waals surface area contributed by atoms with Crippen molar-refractivity contribution >= 4 is 212 Å². The van der Waals surface area contributed by atoms with Gasteiger partial charge in [-0.2, -0.15) is 4.57 Å². The van der Waals surface area contributed by atoms with Crippen LogP contribution in [-0.4, -0.2) is 9.97 Å². The van der Waals surface area contributed by atoms with Gasteiger partial charge in [0.1, 0.15) is 44.8 Å². The first-order chi connectivity index (χ1) is 67.6. The van der Waals surface area contributed by atoms with E-state index in [-0.39, 0.29) is 5.56 Å². The van der Waals surface area contributed by atoms with Crippen molar-refractivity contribution in [3.05, 3.63) is 378 Å². The summed E-state index contributed by atoms with van der Waals surface area (Å²) in [6.45, 7) is 1.43. The van der Waals surface area contributed by atoms with Crippen LogP contribution in [0.4, 0.5) is 0 Å². The Balaban J connectivity index is 0.000000105. The van der Waals surface area contributed by atoms with Gasteiger partial charge in [0.05, 0.1) is 42.8 Å². The fourth-order valence-corrected chi connectivity index (χ4v) is 24.9. The van der Waals surface area contributed by atoms with E-state index in [9.17, 15) is 0 Å². The van der Waals surface area contributed by atoms with E-state index in [1.165, 1.54) is 145 Å². The number of aromatic nitrogens is 7. The van der Waals surface area contributed by atoms with Gasteiger partial charge in [0.15, 0.2) is 31.0 Å². The van der Waals surface area contributed by atoms with Crippen LogP contribution in [0, 0.1) is 62.0 Å². The number of pyridine rings is 7. The number of fused-ring (bicyclic) bond motifs is 23. The molecule has 0 fully saturated rings. The molecule has 13 aromatic carbocycles. The average Bonchev–Trinajstić information content (AvgIpc) is 1.58. The Bertz CT molecular complexity index is 9210. The van der Waals surface area contributed by atoms with E-state index in [4.69, 9.17) is 21.4 Å². The molecule has 0 bridgehead atoms. The molecule has 0 saturated heterocycles. The molecule has 25 rings (SSSR count). The fourth-order valence-electron chi connectivity index (χ4n) is 19.1. The molecule has 0 N–H and O–H groups in total. The number of rotatable bonds is 5. The Labute approximate surface area is 787 Å². The number of nitrogens with zero attached hydrogens (tertiary/aromatic N) is 7. The van der Waals surface area contributed by atoms with Crippen LogP contribution in [0.15, 0.2) is 328 Å². The Morgan fingerprint density at radius 3 is 1.26 bits per heavy atom. The van der Waals surface area contributed by atoms with Crippen molar-refractivity contribution in [1.29, 1.82) is 0 Å². The summed E-state index contributed by atoms with van der Waals surface area (Å²) in [6, 6.07) is 100. The topological polar surface area (TPSA) is 45.2 Å². The normalized spacial score (nSPS) is 13.4. The molecule has 0 amide bonds. The average molecular weight is 1770 g/mol. The maximum absolute atomic E-state index is 8.23. The van der Waals surface area contributed by atoms with Crippen molar-refractivity contribution in [3.63, 3.8) is 0 Å². The van der Waals surface area contributed by atoms with Gasteiger partial charge in [0.25, 0.3) is 0 Å². The molecular weight excluding hydrogens is 1660 g/mol. The van der Waals surface area contributed by atoms with Crippen molar-refractivity contribution in [3.8, 4) is 56.3 Å². The molecule has 624 valence electrons. The first kappa shape index (κ1) is 69.4. The van der Waals surface area contributed by atoms with E-state index in [2.05, 4.69) is 292 Å². The minimum atomic E-state index is -2.30. The van der Waals surface area contributed by atoms with Gasteiger partial charge in [-0.25, -0.2) is 23.3 Å². The summed E-state index contributed by atoms with van der Waals surface area (Å²) in [6.07, 6.45) is 11.6. The Hall–Kier alpha value is -13.7. The molecule has 0 aliphatic carbocycles. The monoisotopic (exact) mass is 1770 g/mol. The van der Waals surface area contributed by atoms with Gasteiger partial charge in [-0.05, 0) is 207 Å². The number of aryl methyl sites for hydroxylation is 14. The van der Waals surface area contributed by atoms with Gasteiger partial charge in [-0.15, -0.1) is 56.7 Å². The van der Waals surface area contributed by atoms with Crippen LogP contribution in [0.1, 0.15) is 66.5 Å². The summed E-state index contributed by atoms with van der Waals surface area (Å²) >= 11 is 8.60. The first-order valence-corrected chi connectivity index (χ1v) is 47.1. The lowest BCUT2D eigenvalue weighted by Crippen LogP contribution is -2.31. The third-order valence-electron chi connectivity index (χ3n) is 25.2. The molecular formula is C117H96N7S5+5. The number of hydrogen-bond acceptors (Lipinski definition) is 7. The van der Waals surface area contributed by atoms with Crippen molar-refractivity contribution in [2.24, 2.45) is 35.2 Å². The zero-order valence-corrected chi connectivity index (χ0v) is 76.9. The predicted octanol–water partition coefficient (Wildman–Crippen LogP) is 30.1. The molecule has 12 heteroatoms. The molecule has 0 aliphatic rings. The largest absolute Gasteiger partial charge is 0.256 e. The summed E-state index contributed by atoms with van der Waals surface area (Å²) in [5.74, 6) is 0. The van der Waals surface area contributed by atoms with E-state index in [0.29, 0.717) is 22.1 Å². The molecule has 0 spiro atoms. The van der Waals surface area contributed by atoms with Crippen LogP contribution in [0.2, 0.25) is 0 Å². The number of benzene rings is 13. The third kappa shape index (κ3) is 14.6. The predicted molar refractivity (Wildman–Crippen MR) is 555 cm³/mol. The van der Waals surface area contributed by atoms with Crippen molar-refractivity contribution in [1.82, 2.24) is 9.97 Å². The third-order valence-corrected chi connectivity index (χ3v) is 30.9. The zero-order valence-electron chi connectivity index (χ0n) is 84.8. The molecule has 12 heterocycles. The summed E-state index contributed by atoms with van der Waals surface area (Å²) in [5, 5.41) is 21.1. The smallest absolute Gasteiger partial charge is 0.230 e. The Kier molecular flexibility index (Phi) is 18.0. The lowest BCUT2D eigenvalue weighted by atomic mass is 9.96. The van der Waals surface area contributed by atoms with E-state index >= 15 is 0 Å². The van der Waals surface area contributed by atoms with E-state index in [0.717, 1.165) is 101 Å². The van der Waals surface area contributed by atoms with Crippen molar-refractivity contribution < 1.29 is 39.3 Å². The second-order valence-corrected chi connectivity index (χ2v) is 38.8. The lowest BCUT2D eigenvalue weighted by Gasteiger charge is -2.09. The van der Waals surface area contributed by atoms with Crippen LogP contribution >= 0.6 is 56.7 Å². The maximum Gasteiger partial charge on any atom is 0.230 e. The zero-order chi connectivity index (χ0) is 98.3. The second kappa shape index (κ2) is 33.5. The molecule has 0 unspecified atom stereocenters. The van der Waals surface area contributed by atoms with Gasteiger partial charge >= 0.3 is 0 Å². The van der Waals surface area contributed by atoms with E-state index < -0.39 is 27.4 Å². The Morgan fingerprint density at radius 1 is 0.248 bits per heavy atom. The molecule has 25 aromatic rings. The summed E-state index contributed by atoms with van der Waals surface area (Å²) in [7, 11) is 10.1. The lowest BCUT2D eigenvalue weighted by molar-refractivity contribution is -0.659.